The van der Waals surface area contributed by atoms with E-state index in [1.807, 2.05) is 0 Å². The molecule has 1 heterocycles. The predicted molar refractivity (Wildman–Crippen MR) is 46.6 cm³/mol. The number of hydrogen-bond donors (Lipinski definition) is 0. The van der Waals surface area contributed by atoms with Gasteiger partial charge in [-0.25, -0.2) is 9.18 Å². The Bertz CT molecular complexity index is 200. The average molecular weight is 189 g/mol. The molecule has 1 atom stereocenters. The first-order chi connectivity index (χ1) is 5.89. The largest absolute Gasteiger partial charge is 0.367 e. The normalized spacial score (nSPS) is 24.8. The molecule has 1 fully saturated rings. The van der Waals surface area contributed by atoms with E-state index in [4.69, 9.17) is 4.84 Å². The molecular formula is C9H16FNO2. The summed E-state index contributed by atoms with van der Waals surface area (Å²) in [6.07, 6.45) is -0.398. The van der Waals surface area contributed by atoms with Crippen LogP contribution in [0.1, 0.15) is 27.2 Å². The van der Waals surface area contributed by atoms with Gasteiger partial charge in [-0.05, 0) is 27.2 Å². The molecule has 76 valence electrons. The molecule has 0 radical (unpaired) electrons. The van der Waals surface area contributed by atoms with Crippen LogP contribution in [-0.4, -0.2) is 30.3 Å². The highest BCUT2D eigenvalue weighted by Gasteiger charge is 2.30. The van der Waals surface area contributed by atoms with Crippen LogP contribution in [0.2, 0.25) is 0 Å². The lowest BCUT2D eigenvalue weighted by Gasteiger charge is -2.21. The lowest BCUT2D eigenvalue weighted by molar-refractivity contribution is -0.195. The molecule has 4 heteroatoms. The van der Waals surface area contributed by atoms with Crippen LogP contribution >= 0.6 is 0 Å². The van der Waals surface area contributed by atoms with Gasteiger partial charge < -0.3 is 4.84 Å². The van der Waals surface area contributed by atoms with Crippen molar-refractivity contribution in [2.75, 3.05) is 13.1 Å². The first kappa shape index (κ1) is 10.4. The molecule has 3 nitrogen and oxygen atoms in total. The standard InChI is InChI=1S/C9H16FNO2/c1-9(2,3)8(12)13-11-5-4-7(10)6-11/h7H,4-6H2,1-3H3/t7-/m0/s1. The lowest BCUT2D eigenvalue weighted by atomic mass is 9.98. The maximum Gasteiger partial charge on any atom is 0.330 e. The molecule has 0 aromatic rings. The predicted octanol–water partition coefficient (Wildman–Crippen LogP) is 1.53. The number of halogens is 1. The van der Waals surface area contributed by atoms with Crippen LogP contribution in [0.5, 0.6) is 0 Å². The monoisotopic (exact) mass is 189 g/mol. The fourth-order valence-electron chi connectivity index (χ4n) is 1.02. The third-order valence-corrected chi connectivity index (χ3v) is 1.92. The third-order valence-electron chi connectivity index (χ3n) is 1.92. The zero-order valence-corrected chi connectivity index (χ0v) is 8.34. The summed E-state index contributed by atoms with van der Waals surface area (Å²) in [5, 5.41) is 1.40. The van der Waals surface area contributed by atoms with Gasteiger partial charge in [-0.1, -0.05) is 0 Å². The summed E-state index contributed by atoms with van der Waals surface area (Å²) in [4.78, 5) is 16.3. The van der Waals surface area contributed by atoms with Gasteiger partial charge in [-0.3, -0.25) is 0 Å². The smallest absolute Gasteiger partial charge is 0.330 e. The molecule has 0 spiro atoms. The zero-order chi connectivity index (χ0) is 10.1. The van der Waals surface area contributed by atoms with E-state index in [1.165, 1.54) is 5.06 Å². The Balaban J connectivity index is 2.37. The zero-order valence-electron chi connectivity index (χ0n) is 8.34. The van der Waals surface area contributed by atoms with Crippen molar-refractivity contribution >= 4 is 5.97 Å². The molecule has 0 saturated carbocycles. The SMILES string of the molecule is CC(C)(C)C(=O)ON1CC[C@H](F)C1. The summed E-state index contributed by atoms with van der Waals surface area (Å²) in [6.45, 7) is 6.04. The van der Waals surface area contributed by atoms with Crippen LogP contribution in [0.15, 0.2) is 0 Å². The average Bonchev–Trinajstić information content (AvgIpc) is 2.33. The summed E-state index contributed by atoms with van der Waals surface area (Å²) in [6, 6.07) is 0. The second kappa shape index (κ2) is 3.62. The van der Waals surface area contributed by atoms with Gasteiger partial charge in [0.15, 0.2) is 0 Å². The molecule has 1 rings (SSSR count). The minimum atomic E-state index is -0.854. The topological polar surface area (TPSA) is 29.5 Å². The van der Waals surface area contributed by atoms with E-state index in [9.17, 15) is 9.18 Å². The number of carbonyl (C=O) groups is 1. The quantitative estimate of drug-likeness (QED) is 0.626. The van der Waals surface area contributed by atoms with Crippen molar-refractivity contribution in [3.05, 3.63) is 0 Å². The fourth-order valence-corrected chi connectivity index (χ4v) is 1.02. The Labute approximate surface area is 77.8 Å². The van der Waals surface area contributed by atoms with Gasteiger partial charge in [0.05, 0.1) is 12.0 Å². The Hall–Kier alpha value is -0.640. The first-order valence-electron chi connectivity index (χ1n) is 4.51. The van der Waals surface area contributed by atoms with Gasteiger partial charge in [-0.15, -0.1) is 5.06 Å². The number of nitrogens with zero attached hydrogens (tertiary/aromatic N) is 1. The van der Waals surface area contributed by atoms with Gasteiger partial charge in [0.1, 0.15) is 6.17 Å². The van der Waals surface area contributed by atoms with Crippen LogP contribution in [0.3, 0.4) is 0 Å². The molecule has 0 amide bonds. The molecule has 0 bridgehead atoms. The van der Waals surface area contributed by atoms with Crippen molar-refractivity contribution in [1.29, 1.82) is 0 Å². The Kier molecular flexibility index (Phi) is 2.91. The second-order valence-corrected chi connectivity index (χ2v) is 4.40. The van der Waals surface area contributed by atoms with Crippen LogP contribution < -0.4 is 0 Å². The van der Waals surface area contributed by atoms with E-state index in [2.05, 4.69) is 0 Å². The van der Waals surface area contributed by atoms with E-state index in [0.29, 0.717) is 13.0 Å². The molecule has 0 unspecified atom stereocenters. The minimum absolute atomic E-state index is 0.210. The summed E-state index contributed by atoms with van der Waals surface area (Å²) in [5.74, 6) is -0.304. The lowest BCUT2D eigenvalue weighted by Crippen LogP contribution is -2.32. The molecule has 0 aromatic heterocycles. The number of alkyl halides is 1. The van der Waals surface area contributed by atoms with E-state index < -0.39 is 11.6 Å². The van der Waals surface area contributed by atoms with Crippen LogP contribution in [0.4, 0.5) is 4.39 Å². The third kappa shape index (κ3) is 2.95. The maximum absolute atomic E-state index is 12.7. The molecule has 13 heavy (non-hydrogen) atoms. The van der Waals surface area contributed by atoms with Crippen LogP contribution in [0.25, 0.3) is 0 Å². The Morgan fingerprint density at radius 3 is 2.54 bits per heavy atom. The number of carbonyl (C=O) groups excluding carboxylic acids is 1. The van der Waals surface area contributed by atoms with Crippen molar-refractivity contribution < 1.29 is 14.0 Å². The summed E-state index contributed by atoms with van der Waals surface area (Å²) < 4.78 is 12.7. The number of rotatable bonds is 1. The van der Waals surface area contributed by atoms with Crippen molar-refractivity contribution in [3.8, 4) is 0 Å². The highest BCUT2D eigenvalue weighted by Crippen LogP contribution is 2.19. The second-order valence-electron chi connectivity index (χ2n) is 4.40. The first-order valence-corrected chi connectivity index (χ1v) is 4.51. The van der Waals surface area contributed by atoms with Gasteiger partial charge in [0.2, 0.25) is 0 Å². The van der Waals surface area contributed by atoms with Crippen LogP contribution in [0, 0.1) is 5.41 Å². The van der Waals surface area contributed by atoms with Gasteiger partial charge in [0, 0.05) is 6.54 Å². The fraction of sp³-hybridized carbons (Fsp3) is 0.889. The van der Waals surface area contributed by atoms with E-state index in [0.717, 1.165) is 0 Å². The molecule has 0 N–H and O–H groups in total. The van der Waals surface area contributed by atoms with Crippen molar-refractivity contribution in [1.82, 2.24) is 5.06 Å². The molecule has 1 aliphatic rings. The highest BCUT2D eigenvalue weighted by atomic mass is 19.1. The van der Waals surface area contributed by atoms with Crippen molar-refractivity contribution in [3.63, 3.8) is 0 Å². The highest BCUT2D eigenvalue weighted by molar-refractivity contribution is 5.75. The number of hydroxylamine groups is 2. The van der Waals surface area contributed by atoms with E-state index >= 15 is 0 Å². The summed E-state index contributed by atoms with van der Waals surface area (Å²) in [5.41, 5.74) is -0.519. The molecule has 0 aliphatic carbocycles. The maximum atomic E-state index is 12.7. The van der Waals surface area contributed by atoms with E-state index in [-0.39, 0.29) is 12.5 Å². The summed E-state index contributed by atoms with van der Waals surface area (Å²) >= 11 is 0. The van der Waals surface area contributed by atoms with Gasteiger partial charge in [-0.2, -0.15) is 0 Å². The molecule has 0 aromatic carbocycles. The van der Waals surface area contributed by atoms with Gasteiger partial charge in [0.25, 0.3) is 0 Å². The summed E-state index contributed by atoms with van der Waals surface area (Å²) in [7, 11) is 0. The molecule has 1 aliphatic heterocycles. The minimum Gasteiger partial charge on any atom is -0.367 e. The van der Waals surface area contributed by atoms with Crippen molar-refractivity contribution in [2.45, 2.75) is 33.4 Å². The molecular weight excluding hydrogens is 173 g/mol. The van der Waals surface area contributed by atoms with E-state index in [1.54, 1.807) is 20.8 Å². The number of hydrogen-bond acceptors (Lipinski definition) is 3. The van der Waals surface area contributed by atoms with Crippen LogP contribution in [-0.2, 0) is 9.63 Å². The Morgan fingerprint density at radius 2 is 2.15 bits per heavy atom. The Morgan fingerprint density at radius 1 is 1.54 bits per heavy atom. The van der Waals surface area contributed by atoms with Gasteiger partial charge >= 0.3 is 5.97 Å². The molecule has 1 saturated heterocycles. The van der Waals surface area contributed by atoms with Crippen molar-refractivity contribution in [2.24, 2.45) is 5.41 Å².